The molecule has 0 spiro atoms. The molecular weight excluding hydrogens is 536 g/mol. The number of amides is 4. The van der Waals surface area contributed by atoms with Crippen LogP contribution in [0.25, 0.3) is 0 Å². The third-order valence-electron chi connectivity index (χ3n) is 6.34. The van der Waals surface area contributed by atoms with E-state index >= 15 is 0 Å². The summed E-state index contributed by atoms with van der Waals surface area (Å²) in [5.74, 6) is 0.368. The van der Waals surface area contributed by atoms with Crippen LogP contribution in [0.3, 0.4) is 0 Å². The molecule has 10 nitrogen and oxygen atoms in total. The average molecular weight is 585 g/mol. The van der Waals surface area contributed by atoms with Crippen molar-refractivity contribution in [2.24, 2.45) is 0 Å². The summed E-state index contributed by atoms with van der Waals surface area (Å²) in [5.41, 5.74) is 0.832. The van der Waals surface area contributed by atoms with Crippen LogP contribution in [0.15, 0.2) is 48.5 Å². The average Bonchev–Trinajstić information content (AvgIpc) is 2.99. The van der Waals surface area contributed by atoms with Gasteiger partial charge in [-0.3, -0.25) is 9.59 Å². The van der Waals surface area contributed by atoms with Crippen LogP contribution in [-0.2, 0) is 0 Å². The maximum Gasteiger partial charge on any atom is 0.415 e. The van der Waals surface area contributed by atoms with E-state index in [2.05, 4.69) is 0 Å². The summed E-state index contributed by atoms with van der Waals surface area (Å²) in [6.07, 6.45) is 0.845. The van der Waals surface area contributed by atoms with Crippen LogP contribution in [0.2, 0.25) is 0 Å². The zero-order valence-corrected chi connectivity index (χ0v) is 26.5. The van der Waals surface area contributed by atoms with Gasteiger partial charge in [0.1, 0.15) is 11.5 Å². The van der Waals surface area contributed by atoms with Crippen LogP contribution in [0, 0.1) is 0 Å². The Kier molecular flexibility index (Phi) is 16.4. The number of ether oxygens (including phenoxy) is 2. The predicted molar refractivity (Wildman–Crippen MR) is 165 cm³/mol. The van der Waals surface area contributed by atoms with Crippen LogP contribution >= 0.6 is 0 Å². The van der Waals surface area contributed by atoms with Gasteiger partial charge in [0.05, 0.1) is 11.1 Å². The first-order valence-electron chi connectivity index (χ1n) is 14.7. The minimum atomic E-state index is -0.500. The summed E-state index contributed by atoms with van der Waals surface area (Å²) in [7, 11) is 3.19. The van der Waals surface area contributed by atoms with Gasteiger partial charge in [0.15, 0.2) is 0 Å². The lowest BCUT2D eigenvalue weighted by Crippen LogP contribution is -2.36. The summed E-state index contributed by atoms with van der Waals surface area (Å²) in [4.78, 5) is 55.2. The Hall–Kier alpha value is -4.08. The molecule has 4 amide bonds. The maximum absolute atomic E-state index is 12.6. The largest absolute Gasteiger partial charge is 0.415 e. The van der Waals surface area contributed by atoms with Gasteiger partial charge in [-0.2, -0.15) is 0 Å². The van der Waals surface area contributed by atoms with E-state index in [1.165, 1.54) is 4.90 Å². The Morgan fingerprint density at radius 3 is 1.24 bits per heavy atom. The number of hydrogen-bond donors (Lipinski definition) is 0. The first kappa shape index (κ1) is 35.9. The van der Waals surface area contributed by atoms with Crippen molar-refractivity contribution < 1.29 is 28.7 Å². The molecule has 10 heteroatoms. The van der Waals surface area contributed by atoms with E-state index in [1.54, 1.807) is 77.3 Å². The van der Waals surface area contributed by atoms with E-state index in [0.29, 0.717) is 56.1 Å². The smallest absolute Gasteiger partial charge is 0.409 e. The summed E-state index contributed by atoms with van der Waals surface area (Å²) in [6.45, 7) is 15.5. The van der Waals surface area contributed by atoms with Crippen molar-refractivity contribution in [2.45, 2.75) is 54.4 Å². The monoisotopic (exact) mass is 584 g/mol. The van der Waals surface area contributed by atoms with Crippen LogP contribution in [0.4, 0.5) is 9.59 Å². The third-order valence-corrected chi connectivity index (χ3v) is 6.34. The van der Waals surface area contributed by atoms with E-state index in [-0.39, 0.29) is 17.6 Å². The maximum atomic E-state index is 12.6. The molecule has 0 atom stereocenters. The fraction of sp³-hybridized carbons (Fsp3) is 0.500. The van der Waals surface area contributed by atoms with E-state index < -0.39 is 12.2 Å². The molecule has 0 fully saturated rings. The van der Waals surface area contributed by atoms with Crippen LogP contribution in [-0.4, -0.2) is 97.0 Å². The molecular formula is C32H48N4O6. The molecule has 0 aromatic heterocycles. The van der Waals surface area contributed by atoms with Crippen molar-refractivity contribution in [3.63, 3.8) is 0 Å². The standard InChI is InChI=1S/C18H28N2O3.C14H20N2O3/c1-5-13-20(14-6-2)18(22)23-16-12-10-9-11-15(16)17(21)19(7-3)8-4;1-5-16(6-2)13(17)11-9-7-8-10-12(11)19-14(18)15(3)4/h9-12H,5-8,13-14H2,1-4H3;7-10H,5-6H2,1-4H3. The molecule has 0 aliphatic heterocycles. The number of para-hydroxylation sites is 2. The molecule has 2 rings (SSSR count). The van der Waals surface area contributed by atoms with Crippen molar-refractivity contribution in [3.8, 4) is 11.5 Å². The highest BCUT2D eigenvalue weighted by Gasteiger charge is 2.21. The molecule has 2 aromatic carbocycles. The summed E-state index contributed by atoms with van der Waals surface area (Å²) >= 11 is 0. The number of carbonyl (C=O) groups is 4. The Bertz CT molecular complexity index is 1140. The highest BCUT2D eigenvalue weighted by atomic mass is 16.6. The fourth-order valence-electron chi connectivity index (χ4n) is 4.01. The summed E-state index contributed by atoms with van der Waals surface area (Å²) in [6, 6.07) is 13.7. The minimum absolute atomic E-state index is 0.115. The topological polar surface area (TPSA) is 99.7 Å². The molecule has 0 bridgehead atoms. The quantitative estimate of drug-likeness (QED) is 0.303. The highest BCUT2D eigenvalue weighted by Crippen LogP contribution is 2.22. The first-order chi connectivity index (χ1) is 20.1. The molecule has 0 saturated heterocycles. The van der Waals surface area contributed by atoms with Crippen LogP contribution in [0.5, 0.6) is 11.5 Å². The van der Waals surface area contributed by atoms with Crippen LogP contribution in [0.1, 0.15) is 75.1 Å². The molecule has 0 heterocycles. The Morgan fingerprint density at radius 1 is 0.548 bits per heavy atom. The van der Waals surface area contributed by atoms with E-state index in [9.17, 15) is 19.2 Å². The number of carbonyl (C=O) groups excluding carboxylic acids is 4. The molecule has 0 saturated carbocycles. The number of rotatable bonds is 12. The van der Waals surface area contributed by atoms with Gasteiger partial charge in [-0.05, 0) is 64.8 Å². The number of hydrogen-bond acceptors (Lipinski definition) is 6. The lowest BCUT2D eigenvalue weighted by atomic mass is 10.1. The van der Waals surface area contributed by atoms with Gasteiger partial charge in [0.2, 0.25) is 0 Å². The lowest BCUT2D eigenvalue weighted by Gasteiger charge is -2.23. The van der Waals surface area contributed by atoms with E-state index in [1.807, 2.05) is 41.5 Å². The zero-order chi connectivity index (χ0) is 31.7. The molecule has 0 aliphatic carbocycles. The SMILES string of the molecule is CCCN(CCC)C(=O)Oc1ccccc1C(=O)N(CC)CC.CCN(CC)C(=O)c1ccccc1OC(=O)N(C)C. The van der Waals surface area contributed by atoms with Gasteiger partial charge >= 0.3 is 12.2 Å². The van der Waals surface area contributed by atoms with Crippen LogP contribution < -0.4 is 9.47 Å². The van der Waals surface area contributed by atoms with Gasteiger partial charge in [-0.1, -0.05) is 38.1 Å². The van der Waals surface area contributed by atoms with Crippen molar-refractivity contribution in [1.29, 1.82) is 0 Å². The Balaban J connectivity index is 0.000000428. The molecule has 42 heavy (non-hydrogen) atoms. The third kappa shape index (κ3) is 10.7. The second-order valence-corrected chi connectivity index (χ2v) is 9.56. The van der Waals surface area contributed by atoms with Crippen molar-refractivity contribution in [1.82, 2.24) is 19.6 Å². The minimum Gasteiger partial charge on any atom is -0.409 e. The molecule has 2 aromatic rings. The normalized spacial score (nSPS) is 10.1. The van der Waals surface area contributed by atoms with E-state index in [4.69, 9.17) is 9.47 Å². The molecule has 0 N–H and O–H groups in total. The Labute approximate surface area is 251 Å². The second kappa shape index (κ2) is 19.1. The van der Waals surface area contributed by atoms with Gasteiger partial charge in [-0.25, -0.2) is 9.59 Å². The fourth-order valence-corrected chi connectivity index (χ4v) is 4.01. The molecule has 0 unspecified atom stereocenters. The lowest BCUT2D eigenvalue weighted by molar-refractivity contribution is 0.0760. The first-order valence-corrected chi connectivity index (χ1v) is 14.7. The predicted octanol–water partition coefficient (Wildman–Crippen LogP) is 6.02. The second-order valence-electron chi connectivity index (χ2n) is 9.56. The van der Waals surface area contributed by atoms with E-state index in [0.717, 1.165) is 12.8 Å². The Morgan fingerprint density at radius 2 is 0.905 bits per heavy atom. The highest BCUT2D eigenvalue weighted by molar-refractivity contribution is 5.98. The van der Waals surface area contributed by atoms with Gasteiger partial charge in [0, 0.05) is 53.4 Å². The number of benzene rings is 2. The van der Waals surface area contributed by atoms with Crippen molar-refractivity contribution in [3.05, 3.63) is 59.7 Å². The molecule has 0 radical (unpaired) electrons. The molecule has 232 valence electrons. The summed E-state index contributed by atoms with van der Waals surface area (Å²) < 4.78 is 10.7. The number of nitrogens with zero attached hydrogens (tertiary/aromatic N) is 4. The molecule has 0 aliphatic rings. The van der Waals surface area contributed by atoms with Gasteiger partial charge < -0.3 is 29.1 Å². The van der Waals surface area contributed by atoms with Crippen molar-refractivity contribution in [2.75, 3.05) is 53.4 Å². The van der Waals surface area contributed by atoms with Gasteiger partial charge in [0.25, 0.3) is 11.8 Å². The van der Waals surface area contributed by atoms with Crippen molar-refractivity contribution >= 4 is 24.0 Å². The summed E-state index contributed by atoms with van der Waals surface area (Å²) in [5, 5.41) is 0. The van der Waals surface area contributed by atoms with Gasteiger partial charge in [-0.15, -0.1) is 0 Å². The zero-order valence-electron chi connectivity index (χ0n) is 26.5.